The molecular formula is C27H32ClN3O3. The molecule has 1 N–H and O–H groups in total. The highest BCUT2D eigenvalue weighted by atomic mass is 35.5. The first-order chi connectivity index (χ1) is 16.2. The van der Waals surface area contributed by atoms with E-state index in [1.165, 1.54) is 17.7 Å². The lowest BCUT2D eigenvalue weighted by atomic mass is 9.86. The molecule has 0 atom stereocenters. The highest BCUT2D eigenvalue weighted by Crippen LogP contribution is 2.39. The van der Waals surface area contributed by atoms with Gasteiger partial charge in [0.1, 0.15) is 6.54 Å². The number of carbonyl (C=O) groups is 2. The van der Waals surface area contributed by atoms with E-state index in [4.69, 9.17) is 16.3 Å². The van der Waals surface area contributed by atoms with Gasteiger partial charge in [0.2, 0.25) is 5.91 Å². The monoisotopic (exact) mass is 481 g/mol. The van der Waals surface area contributed by atoms with E-state index < -0.39 is 0 Å². The number of fused-ring (bicyclic) bond motifs is 1. The normalized spacial score (nSPS) is 17.6. The van der Waals surface area contributed by atoms with E-state index in [2.05, 4.69) is 31.0 Å². The number of hydrogen-bond donors (Lipinski definition) is 1. The van der Waals surface area contributed by atoms with Crippen molar-refractivity contribution in [3.05, 3.63) is 64.4 Å². The maximum Gasteiger partial charge on any atom is 0.294 e. The van der Waals surface area contributed by atoms with Gasteiger partial charge in [-0.3, -0.25) is 14.5 Å². The van der Waals surface area contributed by atoms with Crippen LogP contribution in [0, 0.1) is 0 Å². The molecule has 2 aromatic rings. The van der Waals surface area contributed by atoms with Crippen molar-refractivity contribution in [1.29, 1.82) is 0 Å². The Morgan fingerprint density at radius 1 is 1.12 bits per heavy atom. The average Bonchev–Trinajstić information content (AvgIpc) is 3.31. The third-order valence-electron chi connectivity index (χ3n) is 6.21. The van der Waals surface area contributed by atoms with Gasteiger partial charge in [0.25, 0.3) is 5.91 Å². The van der Waals surface area contributed by atoms with Crippen LogP contribution in [0.4, 0.5) is 5.69 Å². The highest BCUT2D eigenvalue weighted by Gasteiger charge is 2.33. The van der Waals surface area contributed by atoms with Gasteiger partial charge < -0.3 is 15.0 Å². The zero-order chi connectivity index (χ0) is 24.3. The zero-order valence-electron chi connectivity index (χ0n) is 20.1. The van der Waals surface area contributed by atoms with Gasteiger partial charge >= 0.3 is 0 Å². The van der Waals surface area contributed by atoms with Crippen molar-refractivity contribution in [2.75, 3.05) is 37.6 Å². The van der Waals surface area contributed by atoms with Gasteiger partial charge in [-0.15, -0.1) is 0 Å². The Hall–Kier alpha value is -2.83. The van der Waals surface area contributed by atoms with E-state index in [9.17, 15) is 9.59 Å². The number of nitrogens with one attached hydrogen (secondary N) is 1. The summed E-state index contributed by atoms with van der Waals surface area (Å²) in [6.07, 6.45) is 4.11. The number of benzene rings is 2. The van der Waals surface area contributed by atoms with Crippen LogP contribution in [0.2, 0.25) is 5.02 Å². The minimum Gasteiger partial charge on any atom is -0.449 e. The Kier molecular flexibility index (Phi) is 7.29. The van der Waals surface area contributed by atoms with Crippen molar-refractivity contribution in [3.63, 3.8) is 0 Å². The second-order valence-corrected chi connectivity index (χ2v) is 10.3. The molecule has 0 radical (unpaired) electrons. The molecule has 2 aliphatic heterocycles. The minimum atomic E-state index is -0.344. The summed E-state index contributed by atoms with van der Waals surface area (Å²) in [5.41, 5.74) is 2.35. The molecule has 2 amide bonds. The molecule has 2 aromatic carbocycles. The highest BCUT2D eigenvalue weighted by molar-refractivity contribution is 6.30. The maximum atomic E-state index is 13.5. The van der Waals surface area contributed by atoms with Crippen molar-refractivity contribution in [3.8, 4) is 5.75 Å². The summed E-state index contributed by atoms with van der Waals surface area (Å²) in [4.78, 5) is 30.1. The van der Waals surface area contributed by atoms with Crippen LogP contribution in [0.1, 0.15) is 44.7 Å². The average molecular weight is 482 g/mol. The molecule has 2 aliphatic rings. The van der Waals surface area contributed by atoms with Crippen molar-refractivity contribution in [2.45, 2.75) is 39.0 Å². The number of halogens is 1. The van der Waals surface area contributed by atoms with E-state index in [1.54, 1.807) is 18.2 Å². The van der Waals surface area contributed by atoms with E-state index >= 15 is 0 Å². The summed E-state index contributed by atoms with van der Waals surface area (Å²) in [6, 6.07) is 13.0. The van der Waals surface area contributed by atoms with Gasteiger partial charge in [-0.1, -0.05) is 50.6 Å². The van der Waals surface area contributed by atoms with Crippen molar-refractivity contribution >= 4 is 35.2 Å². The molecule has 1 saturated heterocycles. The van der Waals surface area contributed by atoms with Crippen LogP contribution in [0.5, 0.6) is 5.75 Å². The van der Waals surface area contributed by atoms with Crippen LogP contribution in [0.25, 0.3) is 6.08 Å². The summed E-state index contributed by atoms with van der Waals surface area (Å²) in [6.45, 7) is 9.83. The predicted octanol–water partition coefficient (Wildman–Crippen LogP) is 4.62. The van der Waals surface area contributed by atoms with Crippen LogP contribution in [-0.4, -0.2) is 49.4 Å². The molecule has 0 unspecified atom stereocenters. The molecular weight excluding hydrogens is 450 g/mol. The van der Waals surface area contributed by atoms with Crippen LogP contribution >= 0.6 is 11.6 Å². The van der Waals surface area contributed by atoms with Crippen molar-refractivity contribution in [1.82, 2.24) is 10.2 Å². The molecule has 1 fully saturated rings. The number of amides is 2. The lowest BCUT2D eigenvalue weighted by Gasteiger charge is -2.32. The first kappa shape index (κ1) is 24.3. The molecule has 2 heterocycles. The van der Waals surface area contributed by atoms with Crippen LogP contribution in [0.3, 0.4) is 0 Å². The molecule has 180 valence electrons. The fourth-order valence-corrected chi connectivity index (χ4v) is 4.33. The fourth-order valence-electron chi connectivity index (χ4n) is 4.20. The molecule has 7 heteroatoms. The zero-order valence-corrected chi connectivity index (χ0v) is 20.8. The second-order valence-electron chi connectivity index (χ2n) is 9.88. The van der Waals surface area contributed by atoms with Gasteiger partial charge in [-0.2, -0.15) is 0 Å². The number of likely N-dealkylation sites (tertiary alicyclic amines) is 1. The van der Waals surface area contributed by atoms with Gasteiger partial charge in [-0.05, 0) is 72.8 Å². The van der Waals surface area contributed by atoms with Gasteiger partial charge in [0.15, 0.2) is 11.5 Å². The van der Waals surface area contributed by atoms with Crippen molar-refractivity contribution in [2.24, 2.45) is 0 Å². The summed E-state index contributed by atoms with van der Waals surface area (Å²) in [5, 5.41) is 3.59. The predicted molar refractivity (Wildman–Crippen MR) is 136 cm³/mol. The molecule has 0 aromatic heterocycles. The third kappa shape index (κ3) is 5.80. The van der Waals surface area contributed by atoms with Gasteiger partial charge in [0.05, 0.1) is 5.69 Å². The topological polar surface area (TPSA) is 61.9 Å². The number of anilines is 1. The fraction of sp³-hybridized carbons (Fsp3) is 0.407. The summed E-state index contributed by atoms with van der Waals surface area (Å²) in [5.74, 6) is 0.191. The molecule has 0 bridgehead atoms. The number of carbonyl (C=O) groups excluding carboxylic acids is 2. The third-order valence-corrected chi connectivity index (χ3v) is 6.46. The standard InChI is InChI=1S/C27H32ClN3O3/c1-27(2,3)20-8-11-23-22(17-20)31(18-25(32)29-12-15-30-13-4-5-14-30)26(33)24(34-23)16-19-6-9-21(28)10-7-19/h6-11,16-17H,4-5,12-15,18H2,1-3H3,(H,29,32). The Balaban J connectivity index is 1.58. The first-order valence-electron chi connectivity index (χ1n) is 11.8. The first-order valence-corrected chi connectivity index (χ1v) is 12.2. The Morgan fingerprint density at radius 2 is 1.82 bits per heavy atom. The Bertz CT molecular complexity index is 1080. The SMILES string of the molecule is CC(C)(C)c1ccc2c(c1)N(CC(=O)NCCN1CCCC1)C(=O)C(=Cc1ccc(Cl)cc1)O2. The van der Waals surface area contributed by atoms with Gasteiger partial charge in [0, 0.05) is 18.1 Å². The second kappa shape index (κ2) is 10.2. The summed E-state index contributed by atoms with van der Waals surface area (Å²) >= 11 is 5.99. The van der Waals surface area contributed by atoms with E-state index in [1.807, 2.05) is 30.3 Å². The maximum absolute atomic E-state index is 13.5. The van der Waals surface area contributed by atoms with E-state index in [0.29, 0.717) is 23.0 Å². The number of ether oxygens (including phenoxy) is 1. The van der Waals surface area contributed by atoms with E-state index in [0.717, 1.165) is 30.8 Å². The summed E-state index contributed by atoms with van der Waals surface area (Å²) < 4.78 is 6.01. The molecule has 6 nitrogen and oxygen atoms in total. The van der Waals surface area contributed by atoms with Crippen molar-refractivity contribution < 1.29 is 14.3 Å². The number of nitrogens with zero attached hydrogens (tertiary/aromatic N) is 2. The van der Waals surface area contributed by atoms with Crippen LogP contribution < -0.4 is 15.0 Å². The molecule has 0 spiro atoms. The Morgan fingerprint density at radius 3 is 2.50 bits per heavy atom. The quantitative estimate of drug-likeness (QED) is 0.612. The molecule has 0 saturated carbocycles. The lowest BCUT2D eigenvalue weighted by molar-refractivity contribution is -0.123. The lowest BCUT2D eigenvalue weighted by Crippen LogP contribution is -2.45. The molecule has 0 aliphatic carbocycles. The Labute approximate surface area is 206 Å². The summed E-state index contributed by atoms with van der Waals surface area (Å²) in [7, 11) is 0. The van der Waals surface area contributed by atoms with Crippen LogP contribution in [-0.2, 0) is 15.0 Å². The van der Waals surface area contributed by atoms with Gasteiger partial charge in [-0.25, -0.2) is 0 Å². The smallest absolute Gasteiger partial charge is 0.294 e. The molecule has 34 heavy (non-hydrogen) atoms. The van der Waals surface area contributed by atoms with E-state index in [-0.39, 0.29) is 29.5 Å². The molecule has 4 rings (SSSR count). The number of hydrogen-bond acceptors (Lipinski definition) is 4. The largest absolute Gasteiger partial charge is 0.449 e. The number of rotatable bonds is 6. The minimum absolute atomic E-state index is 0.0687. The van der Waals surface area contributed by atoms with Crippen LogP contribution in [0.15, 0.2) is 48.2 Å².